The highest BCUT2D eigenvalue weighted by Gasteiger charge is 2.19. The highest BCUT2D eigenvalue weighted by molar-refractivity contribution is 8.00. The molecule has 0 radical (unpaired) electrons. The molecule has 0 saturated heterocycles. The van der Waals surface area contributed by atoms with Crippen LogP contribution in [0.2, 0.25) is 0 Å². The summed E-state index contributed by atoms with van der Waals surface area (Å²) in [7, 11) is 1.58. The van der Waals surface area contributed by atoms with E-state index in [1.165, 1.54) is 22.9 Å². The summed E-state index contributed by atoms with van der Waals surface area (Å²) >= 11 is 1.52. The number of methoxy groups -OCH3 is 1. The smallest absolute Gasteiger partial charge is 0.237 e. The molecule has 5 heteroatoms. The molecule has 0 unspecified atom stereocenters. The lowest BCUT2D eigenvalue weighted by Gasteiger charge is -2.23. The molecule has 0 atom stereocenters. The van der Waals surface area contributed by atoms with Crippen LogP contribution < -0.4 is 9.64 Å². The number of carbonyl (C=O) groups excluding carboxylic acids is 1. The van der Waals surface area contributed by atoms with Gasteiger partial charge in [-0.05, 0) is 37.6 Å². The number of benzene rings is 2. The zero-order valence-corrected chi connectivity index (χ0v) is 15.6. The normalized spacial score (nSPS) is 10.2. The number of ether oxygens (including phenoxy) is 1. The van der Waals surface area contributed by atoms with Crippen LogP contribution in [-0.2, 0) is 4.79 Å². The summed E-state index contributed by atoms with van der Waals surface area (Å²) in [6, 6.07) is 15.7. The van der Waals surface area contributed by atoms with Gasteiger partial charge in [0.15, 0.2) is 0 Å². The van der Waals surface area contributed by atoms with Crippen molar-refractivity contribution in [1.29, 1.82) is 5.26 Å². The van der Waals surface area contributed by atoms with E-state index in [1.54, 1.807) is 12.0 Å². The van der Waals surface area contributed by atoms with Crippen LogP contribution in [0, 0.1) is 25.2 Å². The van der Waals surface area contributed by atoms with Gasteiger partial charge in [-0.3, -0.25) is 4.79 Å². The van der Waals surface area contributed by atoms with Crippen molar-refractivity contribution >= 4 is 23.4 Å². The first-order chi connectivity index (χ1) is 12.1. The van der Waals surface area contributed by atoms with Crippen LogP contribution in [0.1, 0.15) is 17.5 Å². The van der Waals surface area contributed by atoms with Gasteiger partial charge in [0.1, 0.15) is 5.75 Å². The number of carbonyl (C=O) groups is 1. The molecular weight excluding hydrogens is 332 g/mol. The van der Waals surface area contributed by atoms with E-state index in [2.05, 4.69) is 19.1 Å². The maximum atomic E-state index is 12.8. The van der Waals surface area contributed by atoms with Gasteiger partial charge in [-0.15, -0.1) is 11.8 Å². The fourth-order valence-electron chi connectivity index (χ4n) is 2.57. The number of hydrogen-bond donors (Lipinski definition) is 0. The van der Waals surface area contributed by atoms with E-state index in [0.717, 1.165) is 4.90 Å². The molecule has 25 heavy (non-hydrogen) atoms. The van der Waals surface area contributed by atoms with Gasteiger partial charge in [-0.1, -0.05) is 29.8 Å². The van der Waals surface area contributed by atoms with Crippen molar-refractivity contribution < 1.29 is 9.53 Å². The van der Waals surface area contributed by atoms with Gasteiger partial charge in [0.25, 0.3) is 0 Å². The second kappa shape index (κ2) is 9.14. The van der Waals surface area contributed by atoms with Gasteiger partial charge in [-0.2, -0.15) is 5.26 Å². The third-order valence-electron chi connectivity index (χ3n) is 3.81. The fourth-order valence-corrected chi connectivity index (χ4v) is 3.46. The molecule has 0 fully saturated rings. The molecule has 0 aliphatic rings. The molecule has 2 aromatic rings. The Morgan fingerprint density at radius 1 is 1.24 bits per heavy atom. The molecule has 130 valence electrons. The number of rotatable bonds is 7. The number of amides is 1. The van der Waals surface area contributed by atoms with E-state index >= 15 is 0 Å². The van der Waals surface area contributed by atoms with Crippen molar-refractivity contribution in [2.24, 2.45) is 0 Å². The average molecular weight is 354 g/mol. The van der Waals surface area contributed by atoms with Crippen molar-refractivity contribution in [2.45, 2.75) is 25.2 Å². The molecule has 0 aliphatic carbocycles. The predicted octanol–water partition coefficient (Wildman–Crippen LogP) is 4.35. The molecule has 2 rings (SSSR count). The largest absolute Gasteiger partial charge is 0.495 e. The van der Waals surface area contributed by atoms with Crippen LogP contribution in [0.3, 0.4) is 0 Å². The Hall–Kier alpha value is -2.45. The number of nitriles is 1. The van der Waals surface area contributed by atoms with E-state index in [4.69, 9.17) is 10.00 Å². The standard InChI is InChI=1S/C20H22N2O2S/c1-15-9-10-19(16(2)13-15)25-14-20(23)22(12-6-11-21)17-7-4-5-8-18(17)24-3/h4-5,7-10,13H,6,12,14H2,1-3H3. The van der Waals surface area contributed by atoms with Crippen LogP contribution in [0.25, 0.3) is 0 Å². The van der Waals surface area contributed by atoms with Crippen molar-refractivity contribution in [3.63, 3.8) is 0 Å². The van der Waals surface area contributed by atoms with Gasteiger partial charge < -0.3 is 9.64 Å². The van der Waals surface area contributed by atoms with Crippen LogP contribution in [0.4, 0.5) is 5.69 Å². The first kappa shape index (κ1) is 18.9. The van der Waals surface area contributed by atoms with Crippen molar-refractivity contribution in [2.75, 3.05) is 24.3 Å². The maximum absolute atomic E-state index is 12.8. The number of thioether (sulfide) groups is 1. The molecule has 0 spiro atoms. The van der Waals surface area contributed by atoms with Gasteiger partial charge in [0, 0.05) is 11.4 Å². The molecule has 0 saturated carbocycles. The van der Waals surface area contributed by atoms with Gasteiger partial charge in [0.05, 0.1) is 31.0 Å². The van der Waals surface area contributed by atoms with Crippen molar-refractivity contribution in [3.8, 4) is 11.8 Å². The Bertz CT molecular complexity index is 784. The van der Waals surface area contributed by atoms with Gasteiger partial charge in [0.2, 0.25) is 5.91 Å². The Morgan fingerprint density at radius 3 is 2.68 bits per heavy atom. The lowest BCUT2D eigenvalue weighted by Crippen LogP contribution is -2.33. The number of aryl methyl sites for hydroxylation is 2. The molecule has 4 nitrogen and oxygen atoms in total. The summed E-state index contributed by atoms with van der Waals surface area (Å²) in [6.07, 6.45) is 0.276. The Morgan fingerprint density at radius 2 is 2.00 bits per heavy atom. The highest BCUT2D eigenvalue weighted by Crippen LogP contribution is 2.30. The molecule has 2 aromatic carbocycles. The SMILES string of the molecule is COc1ccccc1N(CCC#N)C(=O)CSc1ccc(C)cc1C. The van der Waals surface area contributed by atoms with Gasteiger partial charge >= 0.3 is 0 Å². The highest BCUT2D eigenvalue weighted by atomic mass is 32.2. The average Bonchev–Trinajstić information content (AvgIpc) is 2.61. The zero-order chi connectivity index (χ0) is 18.2. The maximum Gasteiger partial charge on any atom is 0.237 e. The third-order valence-corrected chi connectivity index (χ3v) is 4.97. The monoisotopic (exact) mass is 354 g/mol. The van der Waals surface area contributed by atoms with E-state index in [-0.39, 0.29) is 12.3 Å². The number of anilines is 1. The number of hydrogen-bond acceptors (Lipinski definition) is 4. The summed E-state index contributed by atoms with van der Waals surface area (Å²) in [4.78, 5) is 15.5. The third kappa shape index (κ3) is 5.01. The second-order valence-electron chi connectivity index (χ2n) is 5.68. The fraction of sp³-hybridized carbons (Fsp3) is 0.300. The summed E-state index contributed by atoms with van der Waals surface area (Å²) in [5, 5.41) is 8.92. The van der Waals surface area contributed by atoms with Crippen LogP contribution >= 0.6 is 11.8 Å². The summed E-state index contributed by atoms with van der Waals surface area (Å²) in [6.45, 7) is 4.45. The van der Waals surface area contributed by atoms with Crippen LogP contribution in [0.15, 0.2) is 47.4 Å². The van der Waals surface area contributed by atoms with E-state index in [9.17, 15) is 4.79 Å². The predicted molar refractivity (Wildman–Crippen MR) is 102 cm³/mol. The molecule has 0 aliphatic heterocycles. The lowest BCUT2D eigenvalue weighted by atomic mass is 10.2. The van der Waals surface area contributed by atoms with E-state index in [0.29, 0.717) is 23.7 Å². The summed E-state index contributed by atoms with van der Waals surface area (Å²) in [5.41, 5.74) is 3.07. The van der Waals surface area contributed by atoms with E-state index < -0.39 is 0 Å². The lowest BCUT2D eigenvalue weighted by molar-refractivity contribution is -0.116. The molecular formula is C20H22N2O2S. The molecule has 0 bridgehead atoms. The minimum Gasteiger partial charge on any atom is -0.495 e. The van der Waals surface area contributed by atoms with E-state index in [1.807, 2.05) is 43.3 Å². The Balaban J connectivity index is 2.17. The molecule has 0 aromatic heterocycles. The van der Waals surface area contributed by atoms with Crippen molar-refractivity contribution in [1.82, 2.24) is 0 Å². The first-order valence-corrected chi connectivity index (χ1v) is 9.05. The molecule has 0 N–H and O–H groups in total. The second-order valence-corrected chi connectivity index (χ2v) is 6.70. The Kier molecular flexibility index (Phi) is 6.91. The zero-order valence-electron chi connectivity index (χ0n) is 14.8. The number of nitrogens with zero attached hydrogens (tertiary/aromatic N) is 2. The summed E-state index contributed by atoms with van der Waals surface area (Å²) in [5.74, 6) is 0.905. The Labute approximate surface area is 153 Å². The first-order valence-electron chi connectivity index (χ1n) is 8.07. The van der Waals surface area contributed by atoms with Gasteiger partial charge in [-0.25, -0.2) is 0 Å². The number of para-hydroxylation sites is 2. The van der Waals surface area contributed by atoms with Crippen LogP contribution in [0.5, 0.6) is 5.75 Å². The quantitative estimate of drug-likeness (QED) is 0.694. The topological polar surface area (TPSA) is 53.3 Å². The molecule has 1 amide bonds. The van der Waals surface area contributed by atoms with Crippen molar-refractivity contribution in [3.05, 3.63) is 53.6 Å². The van der Waals surface area contributed by atoms with Crippen LogP contribution in [-0.4, -0.2) is 25.3 Å². The summed E-state index contributed by atoms with van der Waals surface area (Å²) < 4.78 is 5.37. The minimum atomic E-state index is -0.0373. The minimum absolute atomic E-state index is 0.0373. The molecule has 0 heterocycles.